The Morgan fingerprint density at radius 3 is 2.11 bits per heavy atom. The first kappa shape index (κ1) is 23.3. The third kappa shape index (κ3) is 6.43. The fourth-order valence-corrected chi connectivity index (χ4v) is 3.72. The third-order valence-electron chi connectivity index (χ3n) is 5.25. The van der Waals surface area contributed by atoms with Crippen LogP contribution in [0.25, 0.3) is 0 Å². The first-order valence-electron chi connectivity index (χ1n) is 9.51. The molecule has 0 aliphatic heterocycles. The van der Waals surface area contributed by atoms with Crippen LogP contribution in [0.5, 0.6) is 0 Å². The summed E-state index contributed by atoms with van der Waals surface area (Å²) in [5.74, 6) is -1.04. The number of ether oxygens (including phenoxy) is 1. The molecular weight excluding hydrogens is 356 g/mol. The van der Waals surface area contributed by atoms with E-state index >= 15 is 0 Å². The van der Waals surface area contributed by atoms with Crippen molar-refractivity contribution in [2.75, 3.05) is 0 Å². The van der Waals surface area contributed by atoms with Crippen LogP contribution < -0.4 is 0 Å². The van der Waals surface area contributed by atoms with Gasteiger partial charge in [0.2, 0.25) is 0 Å². The zero-order valence-electron chi connectivity index (χ0n) is 17.9. The Labute approximate surface area is 165 Å². The molecule has 0 N–H and O–H groups in total. The normalized spacial score (nSPS) is 16.0. The van der Waals surface area contributed by atoms with E-state index in [0.29, 0.717) is 5.56 Å². The Kier molecular flexibility index (Phi) is 8.17. The number of allylic oxidation sites excluding steroid dienone is 1. The summed E-state index contributed by atoms with van der Waals surface area (Å²) >= 11 is 0. The predicted molar refractivity (Wildman–Crippen MR) is 112 cm³/mol. The van der Waals surface area contributed by atoms with Crippen molar-refractivity contribution < 1.29 is 18.8 Å². The second kappa shape index (κ2) is 9.47. The average molecular weight is 391 g/mol. The van der Waals surface area contributed by atoms with Crippen LogP contribution in [0.15, 0.2) is 42.5 Å². The number of benzene rings is 1. The summed E-state index contributed by atoms with van der Waals surface area (Å²) in [5.41, 5.74) is 0.437. The van der Waals surface area contributed by atoms with Crippen molar-refractivity contribution in [1.82, 2.24) is 0 Å². The largest absolute Gasteiger partial charge is 0.451 e. The van der Waals surface area contributed by atoms with Gasteiger partial charge < -0.3 is 9.16 Å². The fourth-order valence-electron chi connectivity index (χ4n) is 2.41. The number of carbonyl (C=O) groups is 2. The van der Waals surface area contributed by atoms with Crippen LogP contribution in [-0.4, -0.2) is 32.3 Å². The van der Waals surface area contributed by atoms with Crippen molar-refractivity contribution in [1.29, 1.82) is 0 Å². The Morgan fingerprint density at radius 1 is 1.07 bits per heavy atom. The topological polar surface area (TPSA) is 52.6 Å². The second-order valence-electron chi connectivity index (χ2n) is 8.47. The van der Waals surface area contributed by atoms with Gasteiger partial charge in [0.05, 0.1) is 11.7 Å². The molecule has 150 valence electrons. The molecule has 0 fully saturated rings. The molecule has 0 saturated heterocycles. The van der Waals surface area contributed by atoms with E-state index in [1.807, 2.05) is 32.1 Å². The van der Waals surface area contributed by atoms with Crippen LogP contribution >= 0.6 is 0 Å². The van der Waals surface area contributed by atoms with Gasteiger partial charge in [-0.15, -0.1) is 0 Å². The van der Waals surface area contributed by atoms with Crippen LogP contribution in [0, 0.1) is 5.92 Å². The molecule has 1 aromatic rings. The molecule has 3 atom stereocenters. The van der Waals surface area contributed by atoms with Gasteiger partial charge in [-0.05, 0) is 44.1 Å². The molecule has 1 aromatic carbocycles. The SMILES string of the molecule is C/C=C/[C@@H](O[Si](C)(C)C(C)(C)C)[C@@H](C)C(=O)[C@H](C)OC(=O)c1ccccc1. The number of ketones is 1. The van der Waals surface area contributed by atoms with Gasteiger partial charge in [0.25, 0.3) is 0 Å². The molecule has 0 unspecified atom stereocenters. The van der Waals surface area contributed by atoms with Gasteiger partial charge in [0.1, 0.15) is 0 Å². The zero-order valence-corrected chi connectivity index (χ0v) is 18.9. The van der Waals surface area contributed by atoms with Gasteiger partial charge in [0.15, 0.2) is 20.2 Å². The second-order valence-corrected chi connectivity index (χ2v) is 13.2. The van der Waals surface area contributed by atoms with Gasteiger partial charge in [-0.3, -0.25) is 4.79 Å². The van der Waals surface area contributed by atoms with E-state index in [-0.39, 0.29) is 16.9 Å². The molecule has 0 bridgehead atoms. The Balaban J connectivity index is 2.87. The van der Waals surface area contributed by atoms with Crippen LogP contribution in [-0.2, 0) is 14.0 Å². The molecular formula is C22H34O4Si. The fraction of sp³-hybridized carbons (Fsp3) is 0.545. The van der Waals surface area contributed by atoms with Gasteiger partial charge in [0, 0.05) is 5.92 Å². The van der Waals surface area contributed by atoms with E-state index in [2.05, 4.69) is 33.9 Å². The monoisotopic (exact) mass is 390 g/mol. The number of hydrogen-bond donors (Lipinski definition) is 0. The summed E-state index contributed by atoms with van der Waals surface area (Å²) in [6, 6.07) is 8.70. The molecule has 0 spiro atoms. The molecule has 0 saturated carbocycles. The van der Waals surface area contributed by atoms with Crippen molar-refractivity contribution in [2.45, 2.75) is 71.9 Å². The Hall–Kier alpha value is -1.72. The highest BCUT2D eigenvalue weighted by atomic mass is 28.4. The van der Waals surface area contributed by atoms with E-state index in [9.17, 15) is 9.59 Å². The van der Waals surface area contributed by atoms with E-state index in [1.54, 1.807) is 31.2 Å². The average Bonchev–Trinajstić information content (AvgIpc) is 2.59. The zero-order chi connectivity index (χ0) is 20.8. The maximum absolute atomic E-state index is 12.9. The minimum absolute atomic E-state index is 0.0426. The molecule has 4 nitrogen and oxygen atoms in total. The molecule has 0 aromatic heterocycles. The maximum Gasteiger partial charge on any atom is 0.338 e. The first-order valence-corrected chi connectivity index (χ1v) is 12.4. The standard InChI is InChI=1S/C22H34O4Si/c1-9-13-19(26-27(7,8)22(4,5)6)16(2)20(23)17(3)25-21(24)18-14-11-10-12-15-18/h9-17,19H,1-8H3/b13-9+/t16-,17+,19-/m1/s1. The Morgan fingerprint density at radius 2 is 1.63 bits per heavy atom. The van der Waals surface area contributed by atoms with Crippen molar-refractivity contribution in [3.05, 3.63) is 48.0 Å². The molecule has 27 heavy (non-hydrogen) atoms. The van der Waals surface area contributed by atoms with Crippen LogP contribution in [0.1, 0.15) is 51.9 Å². The lowest BCUT2D eigenvalue weighted by Gasteiger charge is -2.40. The van der Waals surface area contributed by atoms with Crippen LogP contribution in [0.4, 0.5) is 0 Å². The summed E-state index contributed by atoms with van der Waals surface area (Å²) in [5, 5.41) is 0.0426. The Bertz CT molecular complexity index is 659. The highest BCUT2D eigenvalue weighted by molar-refractivity contribution is 6.74. The first-order chi connectivity index (χ1) is 12.4. The predicted octanol–water partition coefficient (Wildman–Crippen LogP) is 5.40. The number of rotatable bonds is 8. The lowest BCUT2D eigenvalue weighted by molar-refractivity contribution is -0.132. The minimum atomic E-state index is -2.04. The van der Waals surface area contributed by atoms with Gasteiger partial charge >= 0.3 is 5.97 Å². The van der Waals surface area contributed by atoms with E-state index in [0.717, 1.165) is 0 Å². The van der Waals surface area contributed by atoms with Gasteiger partial charge in [-0.2, -0.15) is 0 Å². The molecule has 0 aliphatic rings. The number of Topliss-reactive ketones (excluding diaryl/α,β-unsaturated/α-hetero) is 1. The smallest absolute Gasteiger partial charge is 0.338 e. The van der Waals surface area contributed by atoms with E-state index < -0.39 is 26.3 Å². The van der Waals surface area contributed by atoms with Crippen LogP contribution in [0.3, 0.4) is 0 Å². The quantitative estimate of drug-likeness (QED) is 0.339. The van der Waals surface area contributed by atoms with E-state index in [1.165, 1.54) is 0 Å². The highest BCUT2D eigenvalue weighted by Crippen LogP contribution is 2.38. The number of hydrogen-bond acceptors (Lipinski definition) is 4. The molecule has 0 heterocycles. The molecule has 0 aliphatic carbocycles. The van der Waals surface area contributed by atoms with Gasteiger partial charge in [-0.1, -0.05) is 58.0 Å². The molecule has 5 heteroatoms. The molecule has 0 radical (unpaired) electrons. The van der Waals surface area contributed by atoms with Crippen LogP contribution in [0.2, 0.25) is 18.1 Å². The maximum atomic E-state index is 12.9. The van der Waals surface area contributed by atoms with Crippen molar-refractivity contribution >= 4 is 20.1 Å². The summed E-state index contributed by atoms with van der Waals surface area (Å²) in [4.78, 5) is 25.1. The highest BCUT2D eigenvalue weighted by Gasteiger charge is 2.41. The van der Waals surface area contributed by atoms with E-state index in [4.69, 9.17) is 9.16 Å². The third-order valence-corrected chi connectivity index (χ3v) is 9.73. The summed E-state index contributed by atoms with van der Waals surface area (Å²) in [7, 11) is -2.04. The number of esters is 1. The van der Waals surface area contributed by atoms with Crippen molar-refractivity contribution in [2.24, 2.45) is 5.92 Å². The lowest BCUT2D eigenvalue weighted by atomic mass is 9.96. The molecule has 1 rings (SSSR count). The summed E-state index contributed by atoms with van der Waals surface area (Å²) in [6.45, 7) is 16.2. The van der Waals surface area contributed by atoms with Gasteiger partial charge in [-0.25, -0.2) is 4.79 Å². The lowest BCUT2D eigenvalue weighted by Crippen LogP contribution is -2.47. The number of carbonyl (C=O) groups excluding carboxylic acids is 2. The minimum Gasteiger partial charge on any atom is -0.451 e. The summed E-state index contributed by atoms with van der Waals surface area (Å²) < 4.78 is 11.8. The van der Waals surface area contributed by atoms with Crippen molar-refractivity contribution in [3.8, 4) is 0 Å². The van der Waals surface area contributed by atoms with Crippen molar-refractivity contribution in [3.63, 3.8) is 0 Å². The summed E-state index contributed by atoms with van der Waals surface area (Å²) in [6.07, 6.45) is 2.67. The molecule has 0 amide bonds.